The lowest BCUT2D eigenvalue weighted by molar-refractivity contribution is -0.120. The molecule has 30 heavy (non-hydrogen) atoms. The summed E-state index contributed by atoms with van der Waals surface area (Å²) in [7, 11) is 0. The van der Waals surface area contributed by atoms with Crippen molar-refractivity contribution in [2.45, 2.75) is 32.7 Å². The highest BCUT2D eigenvalue weighted by molar-refractivity contribution is 5.92. The molecule has 1 heterocycles. The lowest BCUT2D eigenvalue weighted by Crippen LogP contribution is -2.48. The zero-order valence-corrected chi connectivity index (χ0v) is 17.9. The Morgan fingerprint density at radius 1 is 1.07 bits per heavy atom. The van der Waals surface area contributed by atoms with E-state index in [2.05, 4.69) is 10.2 Å². The number of hydrogen-bond donors (Lipinski definition) is 2. The van der Waals surface area contributed by atoms with Gasteiger partial charge in [-0.05, 0) is 36.6 Å². The molecule has 3 rings (SSSR count). The zero-order valence-electron chi connectivity index (χ0n) is 17.9. The summed E-state index contributed by atoms with van der Waals surface area (Å²) in [5.41, 5.74) is 2.14. The minimum atomic E-state index is -0.326. The molecular weight excluding hydrogens is 381 g/mol. The third-order valence-corrected chi connectivity index (χ3v) is 6.02. The maximum Gasteiger partial charge on any atom is 0.227 e. The number of carbonyl (C=O) groups excluding carboxylic acids is 1. The summed E-state index contributed by atoms with van der Waals surface area (Å²) >= 11 is 0. The lowest BCUT2D eigenvalue weighted by Gasteiger charge is -2.40. The smallest absolute Gasteiger partial charge is 0.227 e. The van der Waals surface area contributed by atoms with Crippen LogP contribution in [-0.2, 0) is 4.79 Å². The van der Waals surface area contributed by atoms with E-state index in [1.54, 1.807) is 12.1 Å². The standard InChI is InChI=1S/C24H32FN3O2/c1-3-18(4-2)24(30)26-20-10-11-22(21(25)16-20)27-12-14-28(15-13-27)23(17-29)19-8-6-5-7-9-19/h5-11,16,18,23,29H,3-4,12-15,17H2,1-2H3,(H,26,30). The van der Waals surface area contributed by atoms with Gasteiger partial charge in [0, 0.05) is 37.8 Å². The molecule has 1 unspecified atom stereocenters. The van der Waals surface area contributed by atoms with Crippen LogP contribution < -0.4 is 10.2 Å². The second kappa shape index (κ2) is 10.5. The molecule has 1 saturated heterocycles. The highest BCUT2D eigenvalue weighted by atomic mass is 19.1. The molecule has 0 spiro atoms. The van der Waals surface area contributed by atoms with Crippen LogP contribution in [0.3, 0.4) is 0 Å². The van der Waals surface area contributed by atoms with Crippen molar-refractivity contribution in [1.82, 2.24) is 4.90 Å². The van der Waals surface area contributed by atoms with Gasteiger partial charge in [0.05, 0.1) is 18.3 Å². The Bertz CT molecular complexity index is 818. The highest BCUT2D eigenvalue weighted by Crippen LogP contribution is 2.27. The molecule has 1 fully saturated rings. The molecular formula is C24H32FN3O2. The fourth-order valence-corrected chi connectivity index (χ4v) is 4.13. The average Bonchev–Trinajstić information content (AvgIpc) is 2.77. The first-order valence-electron chi connectivity index (χ1n) is 10.8. The number of aliphatic hydroxyl groups is 1. The molecule has 0 aromatic heterocycles. The van der Waals surface area contributed by atoms with Crippen molar-refractivity contribution < 1.29 is 14.3 Å². The quantitative estimate of drug-likeness (QED) is 0.685. The van der Waals surface area contributed by atoms with Crippen molar-refractivity contribution in [2.24, 2.45) is 5.92 Å². The summed E-state index contributed by atoms with van der Waals surface area (Å²) in [5, 5.41) is 12.7. The monoisotopic (exact) mass is 413 g/mol. The third kappa shape index (κ3) is 5.18. The molecule has 5 nitrogen and oxygen atoms in total. The van der Waals surface area contributed by atoms with Crippen molar-refractivity contribution in [3.8, 4) is 0 Å². The summed E-state index contributed by atoms with van der Waals surface area (Å²) in [6.45, 7) is 6.87. The van der Waals surface area contributed by atoms with Crippen LogP contribution in [0.15, 0.2) is 48.5 Å². The van der Waals surface area contributed by atoms with Gasteiger partial charge in [0.2, 0.25) is 5.91 Å². The maximum atomic E-state index is 14.8. The van der Waals surface area contributed by atoms with E-state index < -0.39 is 0 Å². The van der Waals surface area contributed by atoms with Crippen LogP contribution in [0.4, 0.5) is 15.8 Å². The largest absolute Gasteiger partial charge is 0.394 e. The number of amides is 1. The van der Waals surface area contributed by atoms with E-state index >= 15 is 0 Å². The van der Waals surface area contributed by atoms with Crippen LogP contribution in [0.2, 0.25) is 0 Å². The number of nitrogens with zero attached hydrogens (tertiary/aromatic N) is 2. The minimum absolute atomic E-state index is 0.0409. The predicted molar refractivity (Wildman–Crippen MR) is 119 cm³/mol. The minimum Gasteiger partial charge on any atom is -0.394 e. The number of benzene rings is 2. The highest BCUT2D eigenvalue weighted by Gasteiger charge is 2.26. The molecule has 1 aliphatic rings. The van der Waals surface area contributed by atoms with Gasteiger partial charge in [0.25, 0.3) is 0 Å². The zero-order chi connectivity index (χ0) is 21.5. The Morgan fingerprint density at radius 2 is 1.73 bits per heavy atom. The van der Waals surface area contributed by atoms with Crippen LogP contribution in [0.25, 0.3) is 0 Å². The summed E-state index contributed by atoms with van der Waals surface area (Å²) in [4.78, 5) is 16.5. The summed E-state index contributed by atoms with van der Waals surface area (Å²) in [6, 6.07) is 14.9. The first-order valence-corrected chi connectivity index (χ1v) is 10.8. The Balaban J connectivity index is 1.62. The molecule has 2 N–H and O–H groups in total. The van der Waals surface area contributed by atoms with Crippen LogP contribution in [-0.4, -0.2) is 48.7 Å². The van der Waals surface area contributed by atoms with Crippen LogP contribution in [0, 0.1) is 11.7 Å². The molecule has 1 aliphatic heterocycles. The molecule has 162 valence electrons. The van der Waals surface area contributed by atoms with E-state index in [-0.39, 0.29) is 30.3 Å². The molecule has 0 bridgehead atoms. The summed E-state index contributed by atoms with van der Waals surface area (Å²) in [6.07, 6.45) is 1.54. The average molecular weight is 414 g/mol. The van der Waals surface area contributed by atoms with Gasteiger partial charge in [0.1, 0.15) is 5.82 Å². The Morgan fingerprint density at radius 3 is 2.30 bits per heavy atom. The van der Waals surface area contributed by atoms with E-state index in [0.717, 1.165) is 31.5 Å². The Kier molecular flexibility index (Phi) is 7.82. The number of anilines is 2. The van der Waals surface area contributed by atoms with Crippen molar-refractivity contribution in [2.75, 3.05) is 43.0 Å². The van der Waals surface area contributed by atoms with E-state index in [4.69, 9.17) is 0 Å². The van der Waals surface area contributed by atoms with E-state index in [0.29, 0.717) is 24.5 Å². The SMILES string of the molecule is CCC(CC)C(=O)Nc1ccc(N2CCN(C(CO)c3ccccc3)CC2)c(F)c1. The number of halogens is 1. The first-order chi connectivity index (χ1) is 14.6. The Labute approximate surface area is 178 Å². The van der Waals surface area contributed by atoms with Gasteiger partial charge in [-0.2, -0.15) is 0 Å². The molecule has 6 heteroatoms. The van der Waals surface area contributed by atoms with E-state index in [9.17, 15) is 14.3 Å². The molecule has 0 radical (unpaired) electrons. The number of piperazine rings is 1. The van der Waals surface area contributed by atoms with Gasteiger partial charge in [-0.25, -0.2) is 4.39 Å². The molecule has 2 aromatic carbocycles. The second-order valence-corrected chi connectivity index (χ2v) is 7.80. The van der Waals surface area contributed by atoms with E-state index in [1.807, 2.05) is 49.1 Å². The van der Waals surface area contributed by atoms with Gasteiger partial charge in [-0.15, -0.1) is 0 Å². The number of aliphatic hydroxyl groups excluding tert-OH is 1. The van der Waals surface area contributed by atoms with Crippen molar-refractivity contribution in [3.05, 3.63) is 59.9 Å². The molecule has 1 atom stereocenters. The van der Waals surface area contributed by atoms with E-state index in [1.165, 1.54) is 6.07 Å². The molecule has 0 aliphatic carbocycles. The second-order valence-electron chi connectivity index (χ2n) is 7.80. The van der Waals surface area contributed by atoms with Gasteiger partial charge in [-0.1, -0.05) is 44.2 Å². The summed E-state index contributed by atoms with van der Waals surface area (Å²) in [5.74, 6) is -0.436. The van der Waals surface area contributed by atoms with Crippen LogP contribution in [0.5, 0.6) is 0 Å². The normalized spacial score (nSPS) is 16.0. The predicted octanol–water partition coefficient (Wildman–Crippen LogP) is 4.06. The van der Waals surface area contributed by atoms with Crippen molar-refractivity contribution in [3.63, 3.8) is 0 Å². The summed E-state index contributed by atoms with van der Waals surface area (Å²) < 4.78 is 14.8. The van der Waals surface area contributed by atoms with Gasteiger partial charge < -0.3 is 15.3 Å². The molecule has 1 amide bonds. The number of carbonyl (C=O) groups is 1. The van der Waals surface area contributed by atoms with Crippen LogP contribution >= 0.6 is 0 Å². The van der Waals surface area contributed by atoms with Crippen LogP contribution in [0.1, 0.15) is 38.3 Å². The first kappa shape index (κ1) is 22.2. The lowest BCUT2D eigenvalue weighted by atomic mass is 10.0. The molecule has 0 saturated carbocycles. The Hall–Kier alpha value is -2.44. The number of hydrogen-bond acceptors (Lipinski definition) is 4. The fraction of sp³-hybridized carbons (Fsp3) is 0.458. The van der Waals surface area contributed by atoms with Gasteiger partial charge in [-0.3, -0.25) is 9.69 Å². The van der Waals surface area contributed by atoms with Gasteiger partial charge in [0.15, 0.2) is 0 Å². The van der Waals surface area contributed by atoms with Crippen molar-refractivity contribution in [1.29, 1.82) is 0 Å². The fourth-order valence-electron chi connectivity index (χ4n) is 4.13. The van der Waals surface area contributed by atoms with Crippen molar-refractivity contribution >= 4 is 17.3 Å². The third-order valence-electron chi connectivity index (χ3n) is 6.02. The molecule has 2 aromatic rings. The number of nitrogens with one attached hydrogen (secondary N) is 1. The topological polar surface area (TPSA) is 55.8 Å². The number of rotatable bonds is 8. The maximum absolute atomic E-state index is 14.8. The van der Waals surface area contributed by atoms with Gasteiger partial charge >= 0.3 is 0 Å².